The molecule has 120 valence electrons. The Morgan fingerprint density at radius 3 is 3.09 bits per heavy atom. The highest BCUT2D eigenvalue weighted by Gasteiger charge is 2.39. The summed E-state index contributed by atoms with van der Waals surface area (Å²) in [5, 5.41) is 7.75. The van der Waals surface area contributed by atoms with Gasteiger partial charge < -0.3 is 9.64 Å². The third-order valence-electron chi connectivity index (χ3n) is 4.70. The van der Waals surface area contributed by atoms with Crippen molar-refractivity contribution in [1.82, 2.24) is 15.1 Å². The third kappa shape index (κ3) is 2.64. The Morgan fingerprint density at radius 1 is 1.35 bits per heavy atom. The lowest BCUT2D eigenvalue weighted by Crippen LogP contribution is -2.51. The van der Waals surface area contributed by atoms with Crippen molar-refractivity contribution in [2.75, 3.05) is 13.2 Å². The molecule has 2 heterocycles. The lowest BCUT2D eigenvalue weighted by Gasteiger charge is -2.37. The zero-order valence-corrected chi connectivity index (χ0v) is 13.4. The molecule has 1 amide bonds. The van der Waals surface area contributed by atoms with Gasteiger partial charge in [0.25, 0.3) is 5.91 Å². The van der Waals surface area contributed by atoms with Gasteiger partial charge >= 0.3 is 0 Å². The maximum Gasteiger partial charge on any atom is 0.272 e. The molecule has 1 N–H and O–H groups in total. The van der Waals surface area contributed by atoms with Crippen molar-refractivity contribution < 1.29 is 9.53 Å². The Balaban J connectivity index is 1.59. The Hall–Kier alpha value is -1.85. The summed E-state index contributed by atoms with van der Waals surface area (Å²) in [4.78, 5) is 14.8. The van der Waals surface area contributed by atoms with Crippen LogP contribution in [0.1, 0.15) is 29.8 Å². The minimum absolute atomic E-state index is 0.00370. The van der Waals surface area contributed by atoms with E-state index in [2.05, 4.69) is 10.2 Å². The first-order valence-electron chi connectivity index (χ1n) is 7.97. The molecule has 1 aliphatic carbocycles. The van der Waals surface area contributed by atoms with Crippen molar-refractivity contribution in [3.63, 3.8) is 0 Å². The van der Waals surface area contributed by atoms with E-state index in [0.717, 1.165) is 24.8 Å². The molecule has 2 aromatic rings. The van der Waals surface area contributed by atoms with Gasteiger partial charge in [0.2, 0.25) is 0 Å². The zero-order chi connectivity index (χ0) is 15.8. The normalized spacial score (nSPS) is 23.8. The average molecular weight is 332 g/mol. The standard InChI is InChI=1S/C17H18ClN3O2/c18-12-5-2-1-4-11(12)13-10-14(20-19-13)17(22)21-8-9-23-16-7-3-6-15(16)21/h1-2,4-5,10,15-16H,3,6-9H2,(H,19,20). The molecule has 1 aromatic heterocycles. The first kappa shape index (κ1) is 14.7. The molecule has 23 heavy (non-hydrogen) atoms. The van der Waals surface area contributed by atoms with Crippen LogP contribution >= 0.6 is 11.6 Å². The molecule has 2 aliphatic rings. The number of nitrogens with zero attached hydrogens (tertiary/aromatic N) is 2. The summed E-state index contributed by atoms with van der Waals surface area (Å²) < 4.78 is 5.77. The SMILES string of the molecule is O=C(c1cc(-c2ccccc2Cl)n[nH]1)N1CCOC2CCCC21. The highest BCUT2D eigenvalue weighted by atomic mass is 35.5. The van der Waals surface area contributed by atoms with E-state index < -0.39 is 0 Å². The fraction of sp³-hybridized carbons (Fsp3) is 0.412. The van der Waals surface area contributed by atoms with Crippen LogP contribution in [0, 0.1) is 0 Å². The van der Waals surface area contributed by atoms with Gasteiger partial charge in [0.05, 0.1) is 29.5 Å². The van der Waals surface area contributed by atoms with Gasteiger partial charge in [0.1, 0.15) is 5.69 Å². The van der Waals surface area contributed by atoms with Gasteiger partial charge in [-0.3, -0.25) is 9.89 Å². The second kappa shape index (κ2) is 5.98. The van der Waals surface area contributed by atoms with E-state index in [1.807, 2.05) is 29.2 Å². The van der Waals surface area contributed by atoms with Crippen LogP contribution in [0.5, 0.6) is 0 Å². The van der Waals surface area contributed by atoms with Gasteiger partial charge in [0, 0.05) is 12.1 Å². The number of H-pyrrole nitrogens is 1. The summed E-state index contributed by atoms with van der Waals surface area (Å²) in [6, 6.07) is 9.47. The van der Waals surface area contributed by atoms with Gasteiger partial charge in [-0.05, 0) is 31.4 Å². The van der Waals surface area contributed by atoms with E-state index in [1.165, 1.54) is 0 Å². The van der Waals surface area contributed by atoms with E-state index in [-0.39, 0.29) is 18.1 Å². The summed E-state index contributed by atoms with van der Waals surface area (Å²) in [5.74, 6) is -0.00370. The van der Waals surface area contributed by atoms with Crippen LogP contribution in [0.4, 0.5) is 0 Å². The number of morpholine rings is 1. The number of halogens is 1. The number of aromatic nitrogens is 2. The number of hydrogen-bond acceptors (Lipinski definition) is 3. The van der Waals surface area contributed by atoms with E-state index in [0.29, 0.717) is 29.6 Å². The summed E-state index contributed by atoms with van der Waals surface area (Å²) in [5.41, 5.74) is 2.02. The second-order valence-electron chi connectivity index (χ2n) is 6.05. The maximum absolute atomic E-state index is 12.8. The Labute approximate surface area is 139 Å². The summed E-state index contributed by atoms with van der Waals surface area (Å²) >= 11 is 6.20. The minimum atomic E-state index is -0.00370. The number of hydrogen-bond donors (Lipinski definition) is 1. The maximum atomic E-state index is 12.8. The van der Waals surface area contributed by atoms with Crippen LogP contribution in [0.25, 0.3) is 11.3 Å². The van der Waals surface area contributed by atoms with Crippen LogP contribution in [0.3, 0.4) is 0 Å². The molecule has 6 heteroatoms. The number of carbonyl (C=O) groups is 1. The van der Waals surface area contributed by atoms with Gasteiger partial charge in [0.15, 0.2) is 0 Å². The van der Waals surface area contributed by atoms with Crippen LogP contribution in [-0.4, -0.2) is 46.3 Å². The van der Waals surface area contributed by atoms with Gasteiger partial charge in [-0.25, -0.2) is 0 Å². The molecule has 1 saturated heterocycles. The van der Waals surface area contributed by atoms with Crippen molar-refractivity contribution in [2.45, 2.75) is 31.4 Å². The summed E-state index contributed by atoms with van der Waals surface area (Å²) in [7, 11) is 0. The molecule has 2 unspecified atom stereocenters. The van der Waals surface area contributed by atoms with Crippen molar-refractivity contribution in [3.8, 4) is 11.3 Å². The van der Waals surface area contributed by atoms with E-state index in [4.69, 9.17) is 16.3 Å². The molecule has 1 saturated carbocycles. The van der Waals surface area contributed by atoms with Crippen molar-refractivity contribution in [3.05, 3.63) is 41.0 Å². The second-order valence-corrected chi connectivity index (χ2v) is 6.46. The first-order chi connectivity index (χ1) is 11.2. The van der Waals surface area contributed by atoms with E-state index in [1.54, 1.807) is 6.07 Å². The van der Waals surface area contributed by atoms with Crippen molar-refractivity contribution >= 4 is 17.5 Å². The average Bonchev–Trinajstić information content (AvgIpc) is 3.23. The van der Waals surface area contributed by atoms with Gasteiger partial charge in [-0.1, -0.05) is 29.8 Å². The molecule has 5 nitrogen and oxygen atoms in total. The molecule has 0 radical (unpaired) electrons. The quantitative estimate of drug-likeness (QED) is 0.919. The monoisotopic (exact) mass is 331 g/mol. The summed E-state index contributed by atoms with van der Waals surface area (Å²) in [6.45, 7) is 1.25. The fourth-order valence-corrected chi connectivity index (χ4v) is 3.80. The van der Waals surface area contributed by atoms with Crippen LogP contribution < -0.4 is 0 Å². The van der Waals surface area contributed by atoms with Gasteiger partial charge in [-0.2, -0.15) is 5.10 Å². The highest BCUT2D eigenvalue weighted by Crippen LogP contribution is 2.31. The molecule has 0 spiro atoms. The molecule has 2 fully saturated rings. The van der Waals surface area contributed by atoms with Crippen molar-refractivity contribution in [2.24, 2.45) is 0 Å². The number of carbonyl (C=O) groups excluding carboxylic acids is 1. The number of rotatable bonds is 2. The fourth-order valence-electron chi connectivity index (χ4n) is 3.57. The lowest BCUT2D eigenvalue weighted by molar-refractivity contribution is -0.0447. The Morgan fingerprint density at radius 2 is 2.22 bits per heavy atom. The Kier molecular flexibility index (Phi) is 3.83. The zero-order valence-electron chi connectivity index (χ0n) is 12.7. The predicted octanol–water partition coefficient (Wildman–Crippen LogP) is 3.12. The topological polar surface area (TPSA) is 58.2 Å². The molecular weight excluding hydrogens is 314 g/mol. The van der Waals surface area contributed by atoms with Crippen LogP contribution in [0.15, 0.2) is 30.3 Å². The lowest BCUT2D eigenvalue weighted by atomic mass is 10.1. The largest absolute Gasteiger partial charge is 0.374 e. The molecular formula is C17H18ClN3O2. The van der Waals surface area contributed by atoms with Crippen LogP contribution in [0.2, 0.25) is 5.02 Å². The molecule has 1 aromatic carbocycles. The number of nitrogens with one attached hydrogen (secondary N) is 1. The summed E-state index contributed by atoms with van der Waals surface area (Å²) in [6.07, 6.45) is 3.37. The predicted molar refractivity (Wildman–Crippen MR) is 87.4 cm³/mol. The number of aromatic amines is 1. The highest BCUT2D eigenvalue weighted by molar-refractivity contribution is 6.33. The number of amides is 1. The van der Waals surface area contributed by atoms with E-state index >= 15 is 0 Å². The van der Waals surface area contributed by atoms with Crippen LogP contribution in [-0.2, 0) is 4.74 Å². The molecule has 1 aliphatic heterocycles. The minimum Gasteiger partial charge on any atom is -0.374 e. The first-order valence-corrected chi connectivity index (χ1v) is 8.35. The number of ether oxygens (including phenoxy) is 1. The van der Waals surface area contributed by atoms with Gasteiger partial charge in [-0.15, -0.1) is 0 Å². The molecule has 2 atom stereocenters. The number of benzene rings is 1. The third-order valence-corrected chi connectivity index (χ3v) is 5.03. The smallest absolute Gasteiger partial charge is 0.272 e. The number of fused-ring (bicyclic) bond motifs is 1. The molecule has 4 rings (SSSR count). The molecule has 0 bridgehead atoms. The Bertz CT molecular complexity index is 730. The van der Waals surface area contributed by atoms with E-state index in [9.17, 15) is 4.79 Å². The van der Waals surface area contributed by atoms with Crippen molar-refractivity contribution in [1.29, 1.82) is 0 Å².